The summed E-state index contributed by atoms with van der Waals surface area (Å²) in [4.78, 5) is 0. The van der Waals surface area contributed by atoms with Crippen LogP contribution < -0.4 is 10.0 Å². The first-order valence-electron chi connectivity index (χ1n) is 6.08. The Hall–Kier alpha value is -1.21. The van der Waals surface area contributed by atoms with Gasteiger partial charge in [0, 0.05) is 12.6 Å². The Morgan fingerprint density at radius 2 is 2.05 bits per heavy atom. The third-order valence-corrected chi connectivity index (χ3v) is 4.98. The lowest BCUT2D eigenvalue weighted by Crippen LogP contribution is -2.41. The largest absolute Gasteiger partial charge is 0.315 e. The molecule has 0 amide bonds. The van der Waals surface area contributed by atoms with Gasteiger partial charge in [-0.3, -0.25) is 4.72 Å². The van der Waals surface area contributed by atoms with Crippen molar-refractivity contribution in [3.05, 3.63) is 29.3 Å². The van der Waals surface area contributed by atoms with Crippen LogP contribution >= 0.6 is 0 Å². The van der Waals surface area contributed by atoms with E-state index in [9.17, 15) is 17.2 Å². The van der Waals surface area contributed by atoms with Crippen LogP contribution in [0.4, 0.5) is 14.5 Å². The number of hydrogen-bond acceptors (Lipinski definition) is 3. The van der Waals surface area contributed by atoms with Crippen LogP contribution in [0.1, 0.15) is 18.4 Å². The molecule has 1 aromatic rings. The molecule has 106 valence electrons. The van der Waals surface area contributed by atoms with Crippen LogP contribution in [0.15, 0.2) is 12.1 Å². The quantitative estimate of drug-likeness (QED) is 0.892. The minimum atomic E-state index is -3.71. The van der Waals surface area contributed by atoms with E-state index in [1.807, 2.05) is 0 Å². The lowest BCUT2D eigenvalue weighted by molar-refractivity contribution is 0.499. The first kappa shape index (κ1) is 14.2. The van der Waals surface area contributed by atoms with Gasteiger partial charge in [0.25, 0.3) is 0 Å². The van der Waals surface area contributed by atoms with Crippen molar-refractivity contribution >= 4 is 15.7 Å². The zero-order chi connectivity index (χ0) is 14.0. The number of sulfonamides is 1. The van der Waals surface area contributed by atoms with Gasteiger partial charge in [-0.15, -0.1) is 0 Å². The van der Waals surface area contributed by atoms with E-state index in [1.165, 1.54) is 6.92 Å². The van der Waals surface area contributed by atoms with E-state index in [0.717, 1.165) is 25.1 Å². The zero-order valence-corrected chi connectivity index (χ0v) is 11.4. The second-order valence-corrected chi connectivity index (χ2v) is 6.66. The summed E-state index contributed by atoms with van der Waals surface area (Å²) in [7, 11) is -3.71. The lowest BCUT2D eigenvalue weighted by atomic mass is 10.2. The third-order valence-electron chi connectivity index (χ3n) is 3.19. The number of aryl methyl sites for hydroxylation is 1. The molecule has 1 atom stereocenters. The first-order valence-corrected chi connectivity index (χ1v) is 7.63. The summed E-state index contributed by atoms with van der Waals surface area (Å²) in [5.74, 6) is -1.41. The van der Waals surface area contributed by atoms with Crippen LogP contribution in [0.2, 0.25) is 0 Å². The van der Waals surface area contributed by atoms with Crippen LogP contribution in [-0.2, 0) is 10.0 Å². The van der Waals surface area contributed by atoms with Crippen molar-refractivity contribution in [1.29, 1.82) is 0 Å². The first-order chi connectivity index (χ1) is 8.90. The summed E-state index contributed by atoms with van der Waals surface area (Å²) < 4.78 is 53.2. The molecule has 1 fully saturated rings. The summed E-state index contributed by atoms with van der Waals surface area (Å²) >= 11 is 0. The zero-order valence-electron chi connectivity index (χ0n) is 10.5. The predicted molar refractivity (Wildman–Crippen MR) is 69.5 cm³/mol. The highest BCUT2D eigenvalue weighted by atomic mass is 32.2. The van der Waals surface area contributed by atoms with Crippen LogP contribution in [0, 0.1) is 18.6 Å². The highest BCUT2D eigenvalue weighted by Gasteiger charge is 2.28. The molecule has 0 spiro atoms. The maximum atomic E-state index is 13.6. The number of halogens is 2. The number of hydrogen-bond donors (Lipinski definition) is 2. The summed E-state index contributed by atoms with van der Waals surface area (Å²) in [6.45, 7) is 2.52. The van der Waals surface area contributed by atoms with Gasteiger partial charge in [-0.1, -0.05) is 0 Å². The average Bonchev–Trinajstić information content (AvgIpc) is 2.37. The standard InChI is InChI=1S/C12H16F2N2O2S/c1-8-5-11(14)12(6-10(8)13)16-19(17,18)9-3-2-4-15-7-9/h5-6,9,15-16H,2-4,7H2,1H3. The molecular formula is C12H16F2N2O2S. The van der Waals surface area contributed by atoms with Crippen molar-refractivity contribution in [2.24, 2.45) is 0 Å². The molecule has 2 rings (SSSR count). The van der Waals surface area contributed by atoms with Crippen LogP contribution in [-0.4, -0.2) is 26.8 Å². The van der Waals surface area contributed by atoms with Crippen molar-refractivity contribution in [2.45, 2.75) is 25.0 Å². The second kappa shape index (κ2) is 5.42. The van der Waals surface area contributed by atoms with Gasteiger partial charge in [-0.25, -0.2) is 17.2 Å². The van der Waals surface area contributed by atoms with E-state index >= 15 is 0 Å². The molecule has 1 aromatic carbocycles. The lowest BCUT2D eigenvalue weighted by Gasteiger charge is -2.23. The van der Waals surface area contributed by atoms with Gasteiger partial charge in [0.2, 0.25) is 10.0 Å². The molecule has 0 radical (unpaired) electrons. The summed E-state index contributed by atoms with van der Waals surface area (Å²) in [5.41, 5.74) is -0.201. The molecule has 19 heavy (non-hydrogen) atoms. The van der Waals surface area contributed by atoms with Crippen molar-refractivity contribution in [3.8, 4) is 0 Å². The second-order valence-electron chi connectivity index (χ2n) is 4.70. The molecule has 2 N–H and O–H groups in total. The van der Waals surface area contributed by atoms with Gasteiger partial charge in [-0.05, 0) is 37.9 Å². The fourth-order valence-corrected chi connectivity index (χ4v) is 3.49. The molecule has 0 aromatic heterocycles. The van der Waals surface area contributed by atoms with E-state index < -0.39 is 26.9 Å². The maximum Gasteiger partial charge on any atom is 0.236 e. The minimum absolute atomic E-state index is 0.139. The average molecular weight is 290 g/mol. The summed E-state index contributed by atoms with van der Waals surface area (Å²) in [6, 6.07) is 1.85. The molecule has 4 nitrogen and oxygen atoms in total. The van der Waals surface area contributed by atoms with Crippen molar-refractivity contribution < 1.29 is 17.2 Å². The Balaban J connectivity index is 2.22. The maximum absolute atomic E-state index is 13.6. The molecule has 1 unspecified atom stereocenters. The van der Waals surface area contributed by atoms with Gasteiger partial charge in [0.05, 0.1) is 10.9 Å². The molecule has 7 heteroatoms. The van der Waals surface area contributed by atoms with Crippen LogP contribution in [0.5, 0.6) is 0 Å². The molecule has 0 saturated carbocycles. The highest BCUT2D eigenvalue weighted by molar-refractivity contribution is 7.93. The van der Waals surface area contributed by atoms with Crippen molar-refractivity contribution in [2.75, 3.05) is 17.8 Å². The number of benzene rings is 1. The molecule has 0 bridgehead atoms. The van der Waals surface area contributed by atoms with Gasteiger partial charge >= 0.3 is 0 Å². The molecule has 1 aliphatic rings. The van der Waals surface area contributed by atoms with E-state index in [4.69, 9.17) is 0 Å². The van der Waals surface area contributed by atoms with Crippen molar-refractivity contribution in [3.63, 3.8) is 0 Å². The summed E-state index contributed by atoms with van der Waals surface area (Å²) in [5, 5.41) is 2.35. The number of rotatable bonds is 3. The third kappa shape index (κ3) is 3.22. The van der Waals surface area contributed by atoms with E-state index in [0.29, 0.717) is 13.0 Å². The monoisotopic (exact) mass is 290 g/mol. The highest BCUT2D eigenvalue weighted by Crippen LogP contribution is 2.22. The Bertz CT molecular complexity index is 569. The van der Waals surface area contributed by atoms with E-state index in [2.05, 4.69) is 10.0 Å². The van der Waals surface area contributed by atoms with Crippen LogP contribution in [0.25, 0.3) is 0 Å². The fraction of sp³-hybridized carbons (Fsp3) is 0.500. The Morgan fingerprint density at radius 1 is 1.32 bits per heavy atom. The molecular weight excluding hydrogens is 274 g/mol. The molecule has 1 saturated heterocycles. The molecule has 1 aliphatic heterocycles. The predicted octanol–water partition coefficient (Wildman–Crippen LogP) is 1.77. The normalized spacial score (nSPS) is 20.3. The van der Waals surface area contributed by atoms with Gasteiger partial charge in [0.1, 0.15) is 11.6 Å². The number of piperidine rings is 1. The Labute approximate surface area is 111 Å². The number of anilines is 1. The minimum Gasteiger partial charge on any atom is -0.315 e. The van der Waals surface area contributed by atoms with Gasteiger partial charge in [0.15, 0.2) is 0 Å². The topological polar surface area (TPSA) is 58.2 Å². The van der Waals surface area contributed by atoms with Crippen LogP contribution in [0.3, 0.4) is 0 Å². The van der Waals surface area contributed by atoms with E-state index in [1.54, 1.807) is 0 Å². The summed E-state index contributed by atoms with van der Waals surface area (Å²) in [6.07, 6.45) is 1.26. The smallest absolute Gasteiger partial charge is 0.236 e. The number of nitrogens with one attached hydrogen (secondary N) is 2. The van der Waals surface area contributed by atoms with E-state index in [-0.39, 0.29) is 11.3 Å². The molecule has 1 heterocycles. The Morgan fingerprint density at radius 3 is 2.68 bits per heavy atom. The van der Waals surface area contributed by atoms with Crippen molar-refractivity contribution in [1.82, 2.24) is 5.32 Å². The SMILES string of the molecule is Cc1cc(F)c(NS(=O)(=O)C2CCCNC2)cc1F. The Kier molecular flexibility index (Phi) is 4.05. The molecule has 0 aliphatic carbocycles. The fourth-order valence-electron chi connectivity index (χ4n) is 2.05. The van der Waals surface area contributed by atoms with Gasteiger partial charge in [-0.2, -0.15) is 0 Å². The van der Waals surface area contributed by atoms with Gasteiger partial charge < -0.3 is 5.32 Å².